The summed E-state index contributed by atoms with van der Waals surface area (Å²) >= 11 is 0. The molecule has 0 aliphatic rings. The van der Waals surface area contributed by atoms with Gasteiger partial charge in [-0.3, -0.25) is 24.8 Å². The highest BCUT2D eigenvalue weighted by molar-refractivity contribution is 6.07. The summed E-state index contributed by atoms with van der Waals surface area (Å²) in [5.74, 6) is -0.367. The van der Waals surface area contributed by atoms with Gasteiger partial charge in [0.25, 0.3) is 17.7 Å². The van der Waals surface area contributed by atoms with Crippen molar-refractivity contribution < 1.29 is 19.1 Å². The zero-order chi connectivity index (χ0) is 30.2. The Morgan fingerprint density at radius 3 is 2.10 bits per heavy atom. The topological polar surface area (TPSA) is 169 Å². The predicted octanol–water partition coefficient (Wildman–Crippen LogP) is 3.50. The summed E-state index contributed by atoms with van der Waals surface area (Å²) in [6.45, 7) is 0.237. The number of pyridine rings is 1. The molecule has 42 heavy (non-hydrogen) atoms. The zero-order valence-corrected chi connectivity index (χ0v) is 23.5. The molecule has 0 saturated carbocycles. The standard InChI is InChI=1S/C30H32N8O4/c1-37-18-23(14-25(37)29(40)33-13-12-27(31)32)36-30(41)26-15-22(17-38(26)2)35-28(39)20-7-9-21(34-16-20)8-4-19-5-10-24(42-3)11-6-19/h4-11,14-18H,12-13H2,1-3H3,(H3,31,32)(H,33,40)(H,35,39)(H,36,41)/b8-4+. The van der Waals surface area contributed by atoms with Crippen molar-refractivity contribution in [2.24, 2.45) is 19.8 Å². The molecule has 0 atom stereocenters. The Kier molecular flexibility index (Phi) is 9.17. The molecule has 6 N–H and O–H groups in total. The average Bonchev–Trinajstić information content (AvgIpc) is 3.53. The van der Waals surface area contributed by atoms with Gasteiger partial charge in [0.05, 0.1) is 35.6 Å². The van der Waals surface area contributed by atoms with Gasteiger partial charge in [-0.25, -0.2) is 0 Å². The molecule has 12 heteroatoms. The largest absolute Gasteiger partial charge is 0.497 e. The van der Waals surface area contributed by atoms with Crippen LogP contribution in [0.1, 0.15) is 49.0 Å². The third-order valence-corrected chi connectivity index (χ3v) is 6.28. The first-order valence-electron chi connectivity index (χ1n) is 13.0. The van der Waals surface area contributed by atoms with Crippen LogP contribution in [0, 0.1) is 5.41 Å². The average molecular weight is 569 g/mol. The number of carbonyl (C=O) groups is 3. The van der Waals surface area contributed by atoms with Gasteiger partial charge in [0.15, 0.2) is 0 Å². The molecule has 0 bridgehead atoms. The molecule has 216 valence electrons. The summed E-state index contributed by atoms with van der Waals surface area (Å²) in [7, 11) is 4.99. The maximum absolute atomic E-state index is 13.0. The van der Waals surface area contributed by atoms with Gasteiger partial charge in [-0.2, -0.15) is 0 Å². The number of methoxy groups -OCH3 is 1. The molecule has 4 aromatic rings. The molecule has 0 radical (unpaired) electrons. The maximum Gasteiger partial charge on any atom is 0.272 e. The van der Waals surface area contributed by atoms with Gasteiger partial charge >= 0.3 is 0 Å². The molecular weight excluding hydrogens is 536 g/mol. The second kappa shape index (κ2) is 13.1. The van der Waals surface area contributed by atoms with Crippen LogP contribution in [-0.2, 0) is 14.1 Å². The number of ether oxygens (including phenoxy) is 1. The van der Waals surface area contributed by atoms with Crippen molar-refractivity contribution in [3.63, 3.8) is 0 Å². The molecule has 0 saturated heterocycles. The minimum atomic E-state index is -0.415. The lowest BCUT2D eigenvalue weighted by Gasteiger charge is -2.04. The van der Waals surface area contributed by atoms with Gasteiger partial charge < -0.3 is 35.6 Å². The van der Waals surface area contributed by atoms with E-state index in [1.165, 1.54) is 6.20 Å². The summed E-state index contributed by atoms with van der Waals surface area (Å²) in [5.41, 5.74) is 8.87. The van der Waals surface area contributed by atoms with E-state index in [1.54, 1.807) is 67.0 Å². The molecule has 0 fully saturated rings. The van der Waals surface area contributed by atoms with Crippen molar-refractivity contribution >= 4 is 47.1 Å². The number of nitrogens with one attached hydrogen (secondary N) is 4. The molecule has 4 rings (SSSR count). The van der Waals surface area contributed by atoms with Crippen LogP contribution in [-0.4, -0.2) is 51.3 Å². The van der Waals surface area contributed by atoms with Crippen molar-refractivity contribution in [1.82, 2.24) is 19.4 Å². The highest BCUT2D eigenvalue weighted by Crippen LogP contribution is 2.19. The molecule has 3 heterocycles. The van der Waals surface area contributed by atoms with Crippen LogP contribution in [0.2, 0.25) is 0 Å². The number of amides is 3. The first-order chi connectivity index (χ1) is 20.1. The molecular formula is C30H32N8O4. The number of nitrogens with zero attached hydrogens (tertiary/aromatic N) is 3. The van der Waals surface area contributed by atoms with Crippen LogP contribution in [0.4, 0.5) is 11.4 Å². The SMILES string of the molecule is COc1ccc(/C=C/c2ccc(C(=O)Nc3cc(C(=O)Nc4cc(C(=O)NCCC(=N)N)n(C)c4)n(C)c3)cn2)cc1. The number of aryl methyl sites for hydroxylation is 2. The summed E-state index contributed by atoms with van der Waals surface area (Å²) in [4.78, 5) is 42.5. The summed E-state index contributed by atoms with van der Waals surface area (Å²) < 4.78 is 8.34. The molecule has 3 aromatic heterocycles. The van der Waals surface area contributed by atoms with E-state index in [1.807, 2.05) is 36.4 Å². The number of hydrogen-bond donors (Lipinski definition) is 5. The van der Waals surface area contributed by atoms with Crippen molar-refractivity contribution in [3.05, 3.63) is 95.3 Å². The Hall–Kier alpha value is -5.65. The lowest BCUT2D eigenvalue weighted by atomic mass is 10.1. The van der Waals surface area contributed by atoms with Crippen molar-refractivity contribution in [3.8, 4) is 5.75 Å². The minimum absolute atomic E-state index is 0.0167. The first kappa shape index (κ1) is 29.3. The lowest BCUT2D eigenvalue weighted by Crippen LogP contribution is -2.28. The van der Waals surface area contributed by atoms with E-state index < -0.39 is 5.91 Å². The smallest absolute Gasteiger partial charge is 0.272 e. The quantitative estimate of drug-likeness (QED) is 0.137. The zero-order valence-electron chi connectivity index (χ0n) is 23.5. The fraction of sp³-hybridized carbons (Fsp3) is 0.167. The highest BCUT2D eigenvalue weighted by atomic mass is 16.5. The normalized spacial score (nSPS) is 10.8. The van der Waals surface area contributed by atoms with Crippen LogP contribution in [0.3, 0.4) is 0 Å². The number of aromatic nitrogens is 3. The van der Waals surface area contributed by atoms with Crippen LogP contribution in [0.25, 0.3) is 12.2 Å². The molecule has 0 unspecified atom stereocenters. The van der Waals surface area contributed by atoms with E-state index in [4.69, 9.17) is 15.9 Å². The molecule has 1 aromatic carbocycles. The number of rotatable bonds is 11. The fourth-order valence-corrected chi connectivity index (χ4v) is 4.05. The first-order valence-corrected chi connectivity index (χ1v) is 13.0. The second-order valence-corrected chi connectivity index (χ2v) is 9.47. The van der Waals surface area contributed by atoms with Gasteiger partial charge in [0.1, 0.15) is 17.1 Å². The number of benzene rings is 1. The van der Waals surface area contributed by atoms with Crippen molar-refractivity contribution in [2.75, 3.05) is 24.3 Å². The molecule has 0 aliphatic heterocycles. The fourth-order valence-electron chi connectivity index (χ4n) is 4.05. The van der Waals surface area contributed by atoms with Crippen LogP contribution in [0.5, 0.6) is 5.75 Å². The molecule has 0 aliphatic carbocycles. The van der Waals surface area contributed by atoms with Crippen LogP contribution in [0.15, 0.2) is 67.1 Å². The Labute approximate surface area is 242 Å². The maximum atomic E-state index is 13.0. The van der Waals surface area contributed by atoms with Gasteiger partial charge in [0.2, 0.25) is 0 Å². The van der Waals surface area contributed by atoms with Crippen molar-refractivity contribution in [1.29, 1.82) is 5.41 Å². The Morgan fingerprint density at radius 1 is 0.905 bits per heavy atom. The third kappa shape index (κ3) is 7.50. The predicted molar refractivity (Wildman–Crippen MR) is 162 cm³/mol. The van der Waals surface area contributed by atoms with Crippen LogP contribution < -0.4 is 26.4 Å². The van der Waals surface area contributed by atoms with E-state index in [0.29, 0.717) is 34.0 Å². The van der Waals surface area contributed by atoms with Gasteiger partial charge in [-0.15, -0.1) is 0 Å². The van der Waals surface area contributed by atoms with E-state index in [9.17, 15) is 14.4 Å². The monoisotopic (exact) mass is 568 g/mol. The Morgan fingerprint density at radius 2 is 1.52 bits per heavy atom. The Bertz CT molecular complexity index is 1630. The lowest BCUT2D eigenvalue weighted by molar-refractivity contribution is 0.0945. The number of hydrogen-bond acceptors (Lipinski definition) is 6. The van der Waals surface area contributed by atoms with Gasteiger partial charge in [-0.05, 0) is 48.0 Å². The number of anilines is 2. The molecule has 3 amide bonds. The van der Waals surface area contributed by atoms with Gasteiger partial charge in [-0.1, -0.05) is 18.2 Å². The van der Waals surface area contributed by atoms with E-state index in [2.05, 4.69) is 20.9 Å². The van der Waals surface area contributed by atoms with E-state index in [0.717, 1.165) is 11.3 Å². The van der Waals surface area contributed by atoms with Crippen molar-refractivity contribution in [2.45, 2.75) is 6.42 Å². The number of carbonyl (C=O) groups excluding carboxylic acids is 3. The molecule has 0 spiro atoms. The van der Waals surface area contributed by atoms with Crippen LogP contribution >= 0.6 is 0 Å². The number of amidine groups is 1. The summed E-state index contributed by atoms with van der Waals surface area (Å²) in [6, 6.07) is 14.1. The number of nitrogens with two attached hydrogens (primary N) is 1. The second-order valence-electron chi connectivity index (χ2n) is 9.47. The molecule has 12 nitrogen and oxygen atoms in total. The van der Waals surface area contributed by atoms with E-state index >= 15 is 0 Å². The minimum Gasteiger partial charge on any atom is -0.497 e. The highest BCUT2D eigenvalue weighted by Gasteiger charge is 2.17. The summed E-state index contributed by atoms with van der Waals surface area (Å²) in [6.07, 6.45) is 8.75. The van der Waals surface area contributed by atoms with Gasteiger partial charge in [0, 0.05) is 45.7 Å². The summed E-state index contributed by atoms with van der Waals surface area (Å²) in [5, 5.41) is 15.5. The Balaban J connectivity index is 1.35. The van der Waals surface area contributed by atoms with E-state index in [-0.39, 0.29) is 30.6 Å². The third-order valence-electron chi connectivity index (χ3n) is 6.28.